The highest BCUT2D eigenvalue weighted by Crippen LogP contribution is 2.18. The maximum absolute atomic E-state index is 13.1. The summed E-state index contributed by atoms with van der Waals surface area (Å²) in [6.07, 6.45) is 2.44. The molecular formula is C10H6F2N2. The summed E-state index contributed by atoms with van der Waals surface area (Å²) in [5.41, 5.74) is 0.555. The molecule has 2 nitrogen and oxygen atoms in total. The van der Waals surface area contributed by atoms with Gasteiger partial charge in [-0.25, -0.2) is 8.78 Å². The van der Waals surface area contributed by atoms with Crippen LogP contribution in [-0.4, -0.2) is 11.2 Å². The first-order chi connectivity index (χ1) is 6.72. The SMILES string of the molecule is N=Cc1cnc2c(F)c(F)ccc2c1. The number of aromatic nitrogens is 1. The Morgan fingerprint density at radius 1 is 1.29 bits per heavy atom. The number of halogens is 2. The normalized spacial score (nSPS) is 10.4. The van der Waals surface area contributed by atoms with Crippen molar-refractivity contribution in [2.24, 2.45) is 0 Å². The number of hydrogen-bond acceptors (Lipinski definition) is 2. The van der Waals surface area contributed by atoms with E-state index in [0.29, 0.717) is 10.9 Å². The van der Waals surface area contributed by atoms with Gasteiger partial charge in [-0.3, -0.25) is 4.98 Å². The molecule has 1 aromatic heterocycles. The van der Waals surface area contributed by atoms with Crippen molar-refractivity contribution in [3.05, 3.63) is 41.6 Å². The summed E-state index contributed by atoms with van der Waals surface area (Å²) in [7, 11) is 0. The molecule has 1 heterocycles. The first-order valence-corrected chi connectivity index (χ1v) is 3.96. The van der Waals surface area contributed by atoms with Crippen LogP contribution in [0.3, 0.4) is 0 Å². The zero-order chi connectivity index (χ0) is 10.1. The molecule has 0 aliphatic heterocycles. The lowest BCUT2D eigenvalue weighted by atomic mass is 10.1. The molecule has 2 aromatic rings. The van der Waals surface area contributed by atoms with Gasteiger partial charge in [-0.2, -0.15) is 0 Å². The third kappa shape index (κ3) is 1.25. The predicted octanol–water partition coefficient (Wildman–Crippen LogP) is 2.51. The Hall–Kier alpha value is -1.84. The van der Waals surface area contributed by atoms with Gasteiger partial charge in [0.15, 0.2) is 11.6 Å². The van der Waals surface area contributed by atoms with Crippen LogP contribution in [0.4, 0.5) is 8.78 Å². The molecule has 0 saturated carbocycles. The van der Waals surface area contributed by atoms with Crippen LogP contribution in [0.5, 0.6) is 0 Å². The van der Waals surface area contributed by atoms with Crippen molar-refractivity contribution < 1.29 is 8.78 Å². The Balaban J connectivity index is 2.81. The molecule has 1 aromatic carbocycles. The highest BCUT2D eigenvalue weighted by molar-refractivity contribution is 5.86. The van der Waals surface area contributed by atoms with E-state index in [1.54, 1.807) is 6.07 Å². The second-order valence-corrected chi connectivity index (χ2v) is 2.85. The number of hydrogen-bond donors (Lipinski definition) is 1. The van der Waals surface area contributed by atoms with Gasteiger partial charge in [0.25, 0.3) is 0 Å². The van der Waals surface area contributed by atoms with Gasteiger partial charge in [-0.15, -0.1) is 0 Å². The summed E-state index contributed by atoms with van der Waals surface area (Å²) in [6.45, 7) is 0. The Kier molecular flexibility index (Phi) is 1.96. The minimum Gasteiger partial charge on any atom is -0.308 e. The summed E-state index contributed by atoms with van der Waals surface area (Å²) >= 11 is 0. The number of pyridine rings is 1. The van der Waals surface area contributed by atoms with E-state index < -0.39 is 11.6 Å². The molecule has 0 atom stereocenters. The van der Waals surface area contributed by atoms with Crippen LogP contribution in [0.15, 0.2) is 24.4 Å². The van der Waals surface area contributed by atoms with E-state index in [1.807, 2.05) is 0 Å². The van der Waals surface area contributed by atoms with Crippen LogP contribution in [0.25, 0.3) is 10.9 Å². The van der Waals surface area contributed by atoms with Gasteiger partial charge in [0.05, 0.1) is 0 Å². The van der Waals surface area contributed by atoms with E-state index in [1.165, 1.54) is 12.3 Å². The first-order valence-electron chi connectivity index (χ1n) is 3.96. The van der Waals surface area contributed by atoms with Gasteiger partial charge in [-0.1, -0.05) is 0 Å². The second kappa shape index (κ2) is 3.14. The molecule has 1 N–H and O–H groups in total. The van der Waals surface area contributed by atoms with Crippen molar-refractivity contribution in [1.82, 2.24) is 4.98 Å². The molecule has 0 saturated heterocycles. The number of fused-ring (bicyclic) bond motifs is 1. The number of rotatable bonds is 1. The van der Waals surface area contributed by atoms with Crippen molar-refractivity contribution in [1.29, 1.82) is 5.41 Å². The van der Waals surface area contributed by atoms with Crippen LogP contribution in [-0.2, 0) is 0 Å². The number of nitrogens with zero attached hydrogens (tertiary/aromatic N) is 1. The molecular weight excluding hydrogens is 186 g/mol. The van der Waals surface area contributed by atoms with E-state index in [4.69, 9.17) is 5.41 Å². The lowest BCUT2D eigenvalue weighted by molar-refractivity contribution is 0.515. The number of benzene rings is 1. The van der Waals surface area contributed by atoms with Crippen LogP contribution in [0.2, 0.25) is 0 Å². The zero-order valence-corrected chi connectivity index (χ0v) is 7.09. The predicted molar refractivity (Wildman–Crippen MR) is 49.5 cm³/mol. The summed E-state index contributed by atoms with van der Waals surface area (Å²) in [4.78, 5) is 3.75. The topological polar surface area (TPSA) is 36.7 Å². The highest BCUT2D eigenvalue weighted by atomic mass is 19.2. The van der Waals surface area contributed by atoms with Gasteiger partial charge >= 0.3 is 0 Å². The molecule has 4 heteroatoms. The molecule has 0 bridgehead atoms. The van der Waals surface area contributed by atoms with E-state index in [9.17, 15) is 8.78 Å². The average molecular weight is 192 g/mol. The molecule has 0 aliphatic carbocycles. The van der Waals surface area contributed by atoms with Gasteiger partial charge in [-0.05, 0) is 18.2 Å². The van der Waals surface area contributed by atoms with Gasteiger partial charge < -0.3 is 5.41 Å². The Morgan fingerprint density at radius 3 is 2.79 bits per heavy atom. The summed E-state index contributed by atoms with van der Waals surface area (Å²) in [6, 6.07) is 4.07. The van der Waals surface area contributed by atoms with Gasteiger partial charge in [0.1, 0.15) is 5.52 Å². The molecule has 0 fully saturated rings. The van der Waals surface area contributed by atoms with Crippen molar-refractivity contribution in [2.75, 3.05) is 0 Å². The Labute approximate surface area is 78.7 Å². The fourth-order valence-corrected chi connectivity index (χ4v) is 1.24. The average Bonchev–Trinajstić information content (AvgIpc) is 2.23. The summed E-state index contributed by atoms with van der Waals surface area (Å²) < 4.78 is 25.9. The van der Waals surface area contributed by atoms with Crippen LogP contribution in [0, 0.1) is 17.0 Å². The van der Waals surface area contributed by atoms with Gasteiger partial charge in [0.2, 0.25) is 0 Å². The zero-order valence-electron chi connectivity index (χ0n) is 7.09. The fourth-order valence-electron chi connectivity index (χ4n) is 1.24. The Bertz CT molecular complexity index is 509. The third-order valence-electron chi connectivity index (χ3n) is 1.93. The monoisotopic (exact) mass is 192 g/mol. The lowest BCUT2D eigenvalue weighted by Gasteiger charge is -2.00. The molecule has 0 unspecified atom stereocenters. The van der Waals surface area contributed by atoms with E-state index >= 15 is 0 Å². The molecule has 70 valence electrons. The summed E-state index contributed by atoms with van der Waals surface area (Å²) in [5.74, 6) is -1.85. The van der Waals surface area contributed by atoms with E-state index in [-0.39, 0.29) is 5.52 Å². The lowest BCUT2D eigenvalue weighted by Crippen LogP contribution is -1.91. The summed E-state index contributed by atoms with van der Waals surface area (Å²) in [5, 5.41) is 7.47. The standard InChI is InChI=1S/C10H6F2N2/c11-8-2-1-7-3-6(4-13)5-14-10(7)9(8)12/h1-5,13H. The number of nitrogens with one attached hydrogen (secondary N) is 1. The first kappa shape index (κ1) is 8.74. The fraction of sp³-hybridized carbons (Fsp3) is 0. The second-order valence-electron chi connectivity index (χ2n) is 2.85. The van der Waals surface area contributed by atoms with Crippen molar-refractivity contribution in [2.45, 2.75) is 0 Å². The van der Waals surface area contributed by atoms with Crippen LogP contribution in [0.1, 0.15) is 5.56 Å². The molecule has 0 amide bonds. The Morgan fingerprint density at radius 2 is 2.07 bits per heavy atom. The van der Waals surface area contributed by atoms with Crippen LogP contribution < -0.4 is 0 Å². The third-order valence-corrected chi connectivity index (χ3v) is 1.93. The molecule has 0 aliphatic rings. The van der Waals surface area contributed by atoms with Crippen LogP contribution >= 0.6 is 0 Å². The van der Waals surface area contributed by atoms with Crippen molar-refractivity contribution in [3.8, 4) is 0 Å². The highest BCUT2D eigenvalue weighted by Gasteiger charge is 2.07. The maximum Gasteiger partial charge on any atom is 0.184 e. The molecule has 14 heavy (non-hydrogen) atoms. The minimum absolute atomic E-state index is 0.00407. The van der Waals surface area contributed by atoms with Crippen molar-refractivity contribution in [3.63, 3.8) is 0 Å². The maximum atomic E-state index is 13.1. The molecule has 0 spiro atoms. The van der Waals surface area contributed by atoms with Crippen molar-refractivity contribution >= 4 is 17.1 Å². The smallest absolute Gasteiger partial charge is 0.184 e. The largest absolute Gasteiger partial charge is 0.308 e. The molecule has 0 radical (unpaired) electrons. The van der Waals surface area contributed by atoms with E-state index in [2.05, 4.69) is 4.98 Å². The quantitative estimate of drug-likeness (QED) is 0.692. The van der Waals surface area contributed by atoms with Gasteiger partial charge in [0, 0.05) is 23.4 Å². The minimum atomic E-state index is -0.945. The van der Waals surface area contributed by atoms with E-state index in [0.717, 1.165) is 12.3 Å². The molecule has 2 rings (SSSR count).